The lowest BCUT2D eigenvalue weighted by Crippen LogP contribution is -2.50. The van der Waals surface area contributed by atoms with Crippen molar-refractivity contribution < 1.29 is 5.11 Å². The molecule has 0 bridgehead atoms. The Morgan fingerprint density at radius 2 is 1.76 bits per heavy atom. The standard InChI is InChI=1S/C15H29N5O/c1-11(2)19-7-5-18(6-8-19)9-14(21)10-20-13(4)15(16)12(3)17-20/h11,14,21H,5-10,16H2,1-4H3. The Bertz CT molecular complexity index is 463. The number of β-amino-alcohol motifs (C(OH)–C–C–N with tert-alkyl or cyclic N) is 1. The number of nitrogens with zero attached hydrogens (tertiary/aromatic N) is 4. The molecule has 0 aliphatic carbocycles. The molecular formula is C15H29N5O. The summed E-state index contributed by atoms with van der Waals surface area (Å²) in [4.78, 5) is 4.81. The molecule has 0 saturated carbocycles. The first kappa shape index (κ1) is 16.3. The van der Waals surface area contributed by atoms with Gasteiger partial charge in [-0.3, -0.25) is 14.5 Å². The van der Waals surface area contributed by atoms with Crippen LogP contribution in [0, 0.1) is 13.8 Å². The van der Waals surface area contributed by atoms with Crippen molar-refractivity contribution in [3.05, 3.63) is 11.4 Å². The van der Waals surface area contributed by atoms with Gasteiger partial charge in [-0.25, -0.2) is 0 Å². The summed E-state index contributed by atoms with van der Waals surface area (Å²) in [5.41, 5.74) is 8.43. The van der Waals surface area contributed by atoms with E-state index in [2.05, 4.69) is 28.7 Å². The van der Waals surface area contributed by atoms with Crippen LogP contribution in [0.1, 0.15) is 25.2 Å². The number of anilines is 1. The average molecular weight is 295 g/mol. The van der Waals surface area contributed by atoms with Crippen molar-refractivity contribution in [1.82, 2.24) is 19.6 Å². The monoisotopic (exact) mass is 295 g/mol. The summed E-state index contributed by atoms with van der Waals surface area (Å²) in [6, 6.07) is 0.606. The Balaban J connectivity index is 1.82. The average Bonchev–Trinajstić information content (AvgIpc) is 2.67. The molecule has 2 rings (SSSR count). The molecule has 2 heterocycles. The first-order valence-corrected chi connectivity index (χ1v) is 7.82. The summed E-state index contributed by atoms with van der Waals surface area (Å²) in [6.07, 6.45) is -0.409. The van der Waals surface area contributed by atoms with Gasteiger partial charge in [0.05, 0.1) is 29.7 Å². The SMILES string of the molecule is Cc1nn(CC(O)CN2CCN(C(C)C)CC2)c(C)c1N. The van der Waals surface area contributed by atoms with Crippen LogP contribution in [0.15, 0.2) is 0 Å². The van der Waals surface area contributed by atoms with Crippen molar-refractivity contribution in [2.45, 2.75) is 46.4 Å². The summed E-state index contributed by atoms with van der Waals surface area (Å²) < 4.78 is 1.82. The molecule has 120 valence electrons. The fraction of sp³-hybridized carbons (Fsp3) is 0.800. The third-order valence-corrected chi connectivity index (χ3v) is 4.43. The molecule has 1 atom stereocenters. The maximum absolute atomic E-state index is 10.3. The molecule has 1 aromatic heterocycles. The Labute approximate surface area is 127 Å². The van der Waals surface area contributed by atoms with E-state index in [4.69, 9.17) is 5.73 Å². The smallest absolute Gasteiger partial charge is 0.0862 e. The summed E-state index contributed by atoms with van der Waals surface area (Å²) >= 11 is 0. The lowest BCUT2D eigenvalue weighted by molar-refractivity contribution is 0.0537. The van der Waals surface area contributed by atoms with Crippen LogP contribution in [0.4, 0.5) is 5.69 Å². The van der Waals surface area contributed by atoms with Crippen LogP contribution in [0.3, 0.4) is 0 Å². The molecule has 1 aliphatic rings. The van der Waals surface area contributed by atoms with Gasteiger partial charge in [-0.2, -0.15) is 5.10 Å². The number of aliphatic hydroxyl groups is 1. The van der Waals surface area contributed by atoms with Gasteiger partial charge in [0.15, 0.2) is 0 Å². The van der Waals surface area contributed by atoms with E-state index in [1.807, 2.05) is 18.5 Å². The zero-order chi connectivity index (χ0) is 15.6. The maximum Gasteiger partial charge on any atom is 0.0862 e. The normalized spacial score (nSPS) is 19.3. The second-order valence-electron chi connectivity index (χ2n) is 6.35. The molecule has 6 nitrogen and oxygen atoms in total. The number of hydrogen-bond donors (Lipinski definition) is 2. The zero-order valence-electron chi connectivity index (χ0n) is 13.7. The van der Waals surface area contributed by atoms with Gasteiger partial charge in [0.2, 0.25) is 0 Å². The van der Waals surface area contributed by atoms with Crippen molar-refractivity contribution >= 4 is 5.69 Å². The van der Waals surface area contributed by atoms with Gasteiger partial charge in [0.1, 0.15) is 0 Å². The molecule has 0 aromatic carbocycles. The molecule has 1 fully saturated rings. The quantitative estimate of drug-likeness (QED) is 0.826. The first-order chi connectivity index (χ1) is 9.88. The number of aryl methyl sites for hydroxylation is 1. The molecular weight excluding hydrogens is 266 g/mol. The molecule has 1 unspecified atom stereocenters. The van der Waals surface area contributed by atoms with Crippen LogP contribution in [0.25, 0.3) is 0 Å². The fourth-order valence-corrected chi connectivity index (χ4v) is 2.91. The number of nitrogens with two attached hydrogens (primary N) is 1. The van der Waals surface area contributed by atoms with Gasteiger partial charge in [-0.05, 0) is 27.7 Å². The summed E-state index contributed by atoms with van der Waals surface area (Å²) in [5, 5.41) is 14.7. The largest absolute Gasteiger partial charge is 0.396 e. The molecule has 1 aromatic rings. The van der Waals surface area contributed by atoms with E-state index in [-0.39, 0.29) is 0 Å². The van der Waals surface area contributed by atoms with Gasteiger partial charge in [0.25, 0.3) is 0 Å². The Kier molecular flexibility index (Phi) is 5.24. The minimum absolute atomic E-state index is 0.409. The Morgan fingerprint density at radius 3 is 2.24 bits per heavy atom. The van der Waals surface area contributed by atoms with Crippen molar-refractivity contribution in [2.24, 2.45) is 0 Å². The van der Waals surface area contributed by atoms with Crippen LogP contribution in [-0.2, 0) is 6.54 Å². The number of piperazine rings is 1. The third-order valence-electron chi connectivity index (χ3n) is 4.43. The molecule has 0 amide bonds. The van der Waals surface area contributed by atoms with E-state index in [9.17, 15) is 5.11 Å². The molecule has 6 heteroatoms. The third kappa shape index (κ3) is 3.96. The van der Waals surface area contributed by atoms with E-state index in [0.717, 1.165) is 43.3 Å². The lowest BCUT2D eigenvalue weighted by atomic mass is 10.2. The van der Waals surface area contributed by atoms with Gasteiger partial charge < -0.3 is 10.8 Å². The summed E-state index contributed by atoms with van der Waals surface area (Å²) in [7, 11) is 0. The summed E-state index contributed by atoms with van der Waals surface area (Å²) in [5.74, 6) is 0. The molecule has 0 spiro atoms. The zero-order valence-corrected chi connectivity index (χ0v) is 13.7. The van der Waals surface area contributed by atoms with Gasteiger partial charge in [-0.1, -0.05) is 0 Å². The number of aromatic nitrogens is 2. The number of nitrogen functional groups attached to an aromatic ring is 1. The highest BCUT2D eigenvalue weighted by Gasteiger charge is 2.21. The van der Waals surface area contributed by atoms with E-state index < -0.39 is 6.10 Å². The molecule has 1 saturated heterocycles. The van der Waals surface area contributed by atoms with Crippen LogP contribution in [-0.4, -0.2) is 69.6 Å². The highest BCUT2D eigenvalue weighted by molar-refractivity contribution is 5.46. The molecule has 3 N–H and O–H groups in total. The molecule has 1 aliphatic heterocycles. The van der Waals surface area contributed by atoms with E-state index in [1.165, 1.54) is 0 Å². The molecule has 0 radical (unpaired) electrons. The van der Waals surface area contributed by atoms with Crippen molar-refractivity contribution in [3.8, 4) is 0 Å². The Morgan fingerprint density at radius 1 is 1.14 bits per heavy atom. The van der Waals surface area contributed by atoms with Crippen LogP contribution >= 0.6 is 0 Å². The minimum Gasteiger partial charge on any atom is -0.396 e. The van der Waals surface area contributed by atoms with Gasteiger partial charge in [0, 0.05) is 38.8 Å². The fourth-order valence-electron chi connectivity index (χ4n) is 2.91. The predicted molar refractivity (Wildman–Crippen MR) is 85.3 cm³/mol. The van der Waals surface area contributed by atoms with Crippen molar-refractivity contribution in [1.29, 1.82) is 0 Å². The van der Waals surface area contributed by atoms with E-state index in [0.29, 0.717) is 19.1 Å². The topological polar surface area (TPSA) is 70.5 Å². The predicted octanol–water partition coefficient (Wildman–Crippen LogP) is 0.469. The summed E-state index contributed by atoms with van der Waals surface area (Å²) in [6.45, 7) is 13.7. The second-order valence-corrected chi connectivity index (χ2v) is 6.35. The minimum atomic E-state index is -0.409. The lowest BCUT2D eigenvalue weighted by Gasteiger charge is -2.37. The van der Waals surface area contributed by atoms with Crippen molar-refractivity contribution in [2.75, 3.05) is 38.5 Å². The highest BCUT2D eigenvalue weighted by Crippen LogP contribution is 2.15. The Hall–Kier alpha value is -1.11. The highest BCUT2D eigenvalue weighted by atomic mass is 16.3. The van der Waals surface area contributed by atoms with E-state index >= 15 is 0 Å². The van der Waals surface area contributed by atoms with Crippen LogP contribution in [0.2, 0.25) is 0 Å². The van der Waals surface area contributed by atoms with Gasteiger partial charge in [-0.15, -0.1) is 0 Å². The van der Waals surface area contributed by atoms with E-state index in [1.54, 1.807) is 0 Å². The number of hydrogen-bond acceptors (Lipinski definition) is 5. The first-order valence-electron chi connectivity index (χ1n) is 7.82. The maximum atomic E-state index is 10.3. The number of aliphatic hydroxyl groups excluding tert-OH is 1. The number of rotatable bonds is 5. The second kappa shape index (κ2) is 6.77. The molecule has 21 heavy (non-hydrogen) atoms. The van der Waals surface area contributed by atoms with Crippen molar-refractivity contribution in [3.63, 3.8) is 0 Å². The van der Waals surface area contributed by atoms with Crippen LogP contribution < -0.4 is 5.73 Å². The van der Waals surface area contributed by atoms with Crippen LogP contribution in [0.5, 0.6) is 0 Å². The van der Waals surface area contributed by atoms with Gasteiger partial charge >= 0.3 is 0 Å².